The zero-order valence-corrected chi connectivity index (χ0v) is 9.10. The number of carbonyl (C=O) groups is 1. The molecule has 0 radical (unpaired) electrons. The standard InChI is InChI=1S/C9H7BrO2S/c10-13-8-5-12-7-4-2-1-3-6(7)9(8)11/h1-4,8H,5H2. The summed E-state index contributed by atoms with van der Waals surface area (Å²) >= 11 is 3.22. The fourth-order valence-electron chi connectivity index (χ4n) is 1.28. The highest BCUT2D eigenvalue weighted by Gasteiger charge is 2.28. The van der Waals surface area contributed by atoms with Crippen LogP contribution in [0.2, 0.25) is 0 Å². The highest BCUT2D eigenvalue weighted by Crippen LogP contribution is 2.31. The van der Waals surface area contributed by atoms with E-state index in [0.717, 1.165) is 0 Å². The summed E-state index contributed by atoms with van der Waals surface area (Å²) in [5, 5.41) is -0.116. The first-order valence-electron chi connectivity index (χ1n) is 3.86. The number of ketones is 1. The molecule has 1 aliphatic rings. The van der Waals surface area contributed by atoms with Crippen LogP contribution in [0.4, 0.5) is 0 Å². The summed E-state index contributed by atoms with van der Waals surface area (Å²) < 4.78 is 5.43. The van der Waals surface area contributed by atoms with Crippen molar-refractivity contribution in [3.63, 3.8) is 0 Å². The summed E-state index contributed by atoms with van der Waals surface area (Å²) in [7, 11) is 1.36. The molecule has 4 heteroatoms. The lowest BCUT2D eigenvalue weighted by Gasteiger charge is -2.21. The van der Waals surface area contributed by atoms with Gasteiger partial charge < -0.3 is 4.74 Å². The molecule has 0 fully saturated rings. The average Bonchev–Trinajstić information content (AvgIpc) is 2.19. The van der Waals surface area contributed by atoms with E-state index in [4.69, 9.17) is 4.74 Å². The van der Waals surface area contributed by atoms with Gasteiger partial charge >= 0.3 is 0 Å². The predicted molar refractivity (Wildman–Crippen MR) is 56.6 cm³/mol. The third-order valence-corrected chi connectivity index (χ3v) is 3.86. The molecule has 1 aromatic carbocycles. The van der Waals surface area contributed by atoms with E-state index in [1.54, 1.807) is 6.07 Å². The Morgan fingerprint density at radius 2 is 2.23 bits per heavy atom. The average molecular weight is 259 g/mol. The Morgan fingerprint density at radius 3 is 3.00 bits per heavy atom. The highest BCUT2D eigenvalue weighted by atomic mass is 79.9. The third-order valence-electron chi connectivity index (χ3n) is 1.94. The van der Waals surface area contributed by atoms with Crippen molar-refractivity contribution in [2.45, 2.75) is 5.25 Å². The molecule has 0 bridgehead atoms. The minimum Gasteiger partial charge on any atom is -0.491 e. The number of hydrogen-bond acceptors (Lipinski definition) is 3. The van der Waals surface area contributed by atoms with Gasteiger partial charge in [-0.2, -0.15) is 0 Å². The van der Waals surface area contributed by atoms with Crippen molar-refractivity contribution in [2.24, 2.45) is 0 Å². The fourth-order valence-corrected chi connectivity index (χ4v) is 2.44. The molecule has 2 rings (SSSR count). The Balaban J connectivity index is 2.39. The predicted octanol–water partition coefficient (Wildman–Crippen LogP) is 2.67. The van der Waals surface area contributed by atoms with Crippen LogP contribution in [0.15, 0.2) is 24.3 Å². The van der Waals surface area contributed by atoms with Gasteiger partial charge in [0.1, 0.15) is 17.6 Å². The molecular weight excluding hydrogens is 252 g/mol. The molecule has 0 N–H and O–H groups in total. The number of carbonyl (C=O) groups excluding carboxylic acids is 1. The van der Waals surface area contributed by atoms with Crippen LogP contribution < -0.4 is 4.74 Å². The second-order valence-corrected chi connectivity index (χ2v) is 4.62. The van der Waals surface area contributed by atoms with Crippen molar-refractivity contribution in [3.05, 3.63) is 29.8 Å². The maximum Gasteiger partial charge on any atom is 0.183 e. The number of rotatable bonds is 1. The first kappa shape index (κ1) is 9.09. The van der Waals surface area contributed by atoms with Gasteiger partial charge in [0.05, 0.1) is 5.56 Å². The number of para-hydroxylation sites is 1. The van der Waals surface area contributed by atoms with Crippen LogP contribution in [0.25, 0.3) is 0 Å². The van der Waals surface area contributed by atoms with Crippen molar-refractivity contribution in [1.82, 2.24) is 0 Å². The van der Waals surface area contributed by atoms with Gasteiger partial charge in [-0.1, -0.05) is 22.3 Å². The van der Waals surface area contributed by atoms with Crippen LogP contribution in [0, 0.1) is 0 Å². The zero-order valence-electron chi connectivity index (χ0n) is 6.70. The molecule has 0 aromatic heterocycles. The van der Waals surface area contributed by atoms with E-state index in [9.17, 15) is 4.79 Å². The monoisotopic (exact) mass is 258 g/mol. The first-order chi connectivity index (χ1) is 6.33. The Labute approximate surface area is 87.9 Å². The molecule has 0 saturated heterocycles. The molecule has 1 atom stereocenters. The van der Waals surface area contributed by atoms with Gasteiger partial charge in [-0.25, -0.2) is 0 Å². The quantitative estimate of drug-likeness (QED) is 0.775. The van der Waals surface area contributed by atoms with Gasteiger partial charge in [0.25, 0.3) is 0 Å². The van der Waals surface area contributed by atoms with Crippen LogP contribution >= 0.6 is 25.0 Å². The van der Waals surface area contributed by atoms with Crippen molar-refractivity contribution < 1.29 is 9.53 Å². The fraction of sp³-hybridized carbons (Fsp3) is 0.222. The Kier molecular flexibility index (Phi) is 2.60. The summed E-state index contributed by atoms with van der Waals surface area (Å²) in [5.41, 5.74) is 0.686. The molecule has 0 saturated carbocycles. The minimum absolute atomic E-state index is 0.116. The number of fused-ring (bicyclic) bond motifs is 1. The van der Waals surface area contributed by atoms with Crippen molar-refractivity contribution in [3.8, 4) is 5.75 Å². The van der Waals surface area contributed by atoms with E-state index in [1.165, 1.54) is 10.2 Å². The van der Waals surface area contributed by atoms with E-state index in [0.29, 0.717) is 17.9 Å². The van der Waals surface area contributed by atoms with Gasteiger partial charge in [-0.3, -0.25) is 4.79 Å². The number of ether oxygens (including phenoxy) is 1. The molecule has 0 spiro atoms. The highest BCUT2D eigenvalue weighted by molar-refractivity contribution is 9.50. The molecule has 2 nitrogen and oxygen atoms in total. The molecular formula is C9H7BrO2S. The lowest BCUT2D eigenvalue weighted by Crippen LogP contribution is -2.29. The number of hydrogen-bond donors (Lipinski definition) is 0. The van der Waals surface area contributed by atoms with Gasteiger partial charge in [-0.05, 0) is 26.9 Å². The summed E-state index contributed by atoms with van der Waals surface area (Å²) in [6.07, 6.45) is 0. The van der Waals surface area contributed by atoms with E-state index < -0.39 is 0 Å². The Morgan fingerprint density at radius 1 is 1.46 bits per heavy atom. The third kappa shape index (κ3) is 1.60. The Hall–Kier alpha value is -0.480. The molecule has 0 aliphatic carbocycles. The molecule has 13 heavy (non-hydrogen) atoms. The maximum atomic E-state index is 11.7. The van der Waals surface area contributed by atoms with Crippen LogP contribution in [0.1, 0.15) is 10.4 Å². The largest absolute Gasteiger partial charge is 0.491 e. The lowest BCUT2D eigenvalue weighted by atomic mass is 10.1. The van der Waals surface area contributed by atoms with Crippen LogP contribution in [-0.2, 0) is 0 Å². The SMILES string of the molecule is O=C1c2ccccc2OCC1SBr. The van der Waals surface area contributed by atoms with E-state index in [-0.39, 0.29) is 11.0 Å². The molecule has 0 amide bonds. The summed E-state index contributed by atoms with van der Waals surface area (Å²) in [5.74, 6) is 0.842. The zero-order chi connectivity index (χ0) is 9.26. The minimum atomic E-state index is -0.116. The van der Waals surface area contributed by atoms with Crippen molar-refractivity contribution in [1.29, 1.82) is 0 Å². The number of benzene rings is 1. The second kappa shape index (κ2) is 3.72. The van der Waals surface area contributed by atoms with Gasteiger partial charge in [0.15, 0.2) is 5.78 Å². The normalized spacial score (nSPS) is 20.7. The van der Waals surface area contributed by atoms with Crippen LogP contribution in [-0.4, -0.2) is 17.6 Å². The summed E-state index contributed by atoms with van der Waals surface area (Å²) in [4.78, 5) is 11.7. The van der Waals surface area contributed by atoms with E-state index >= 15 is 0 Å². The smallest absolute Gasteiger partial charge is 0.183 e. The summed E-state index contributed by atoms with van der Waals surface area (Å²) in [6, 6.07) is 7.34. The number of Topliss-reactive ketones (excluding diaryl/α,β-unsaturated/α-hetero) is 1. The first-order valence-corrected chi connectivity index (χ1v) is 6.58. The number of halogens is 1. The van der Waals surface area contributed by atoms with E-state index in [1.807, 2.05) is 18.2 Å². The Bertz CT molecular complexity index is 340. The van der Waals surface area contributed by atoms with E-state index in [2.05, 4.69) is 14.8 Å². The second-order valence-electron chi connectivity index (χ2n) is 2.75. The molecule has 1 unspecified atom stereocenters. The van der Waals surface area contributed by atoms with Gasteiger partial charge in [0.2, 0.25) is 0 Å². The van der Waals surface area contributed by atoms with Crippen LogP contribution in [0.5, 0.6) is 5.75 Å². The lowest BCUT2D eigenvalue weighted by molar-refractivity contribution is 0.0944. The molecule has 68 valence electrons. The van der Waals surface area contributed by atoms with Gasteiger partial charge in [0, 0.05) is 0 Å². The van der Waals surface area contributed by atoms with Crippen LogP contribution in [0.3, 0.4) is 0 Å². The molecule has 1 heterocycles. The molecule has 1 aromatic rings. The van der Waals surface area contributed by atoms with Gasteiger partial charge in [-0.15, -0.1) is 0 Å². The topological polar surface area (TPSA) is 26.3 Å². The molecule has 1 aliphatic heterocycles. The summed E-state index contributed by atoms with van der Waals surface area (Å²) in [6.45, 7) is 0.450. The maximum absolute atomic E-state index is 11.7. The van der Waals surface area contributed by atoms with Crippen molar-refractivity contribution >= 4 is 30.8 Å². The van der Waals surface area contributed by atoms with Crippen molar-refractivity contribution in [2.75, 3.05) is 6.61 Å².